The highest BCUT2D eigenvalue weighted by atomic mass is 16.7. The Hall–Kier alpha value is -3.05. The maximum atomic E-state index is 11.8. The highest BCUT2D eigenvalue weighted by Crippen LogP contribution is 2.48. The number of aliphatic carboxylic acids is 2. The first-order valence-corrected chi connectivity index (χ1v) is 40.2. The zero-order valence-corrected chi connectivity index (χ0v) is 67.5. The number of ether oxygens (including phenoxy) is 7. The summed E-state index contributed by atoms with van der Waals surface area (Å²) < 4.78 is 40.1. The van der Waals surface area contributed by atoms with Crippen molar-refractivity contribution in [1.82, 2.24) is 0 Å². The molecule has 6 aliphatic carbocycles. The van der Waals surface area contributed by atoms with Gasteiger partial charge in [-0.3, -0.25) is 19.2 Å². The van der Waals surface area contributed by atoms with E-state index in [4.69, 9.17) is 63.8 Å². The van der Waals surface area contributed by atoms with Gasteiger partial charge in [0, 0.05) is 25.2 Å². The Morgan fingerprint density at radius 3 is 1.20 bits per heavy atom. The quantitative estimate of drug-likeness (QED) is 0.0295. The zero-order valence-electron chi connectivity index (χ0n) is 67.5. The molecule has 20 nitrogen and oxygen atoms in total. The number of aliphatic hydroxyl groups is 6. The topological polar surface area (TPSA) is 312 Å². The van der Waals surface area contributed by atoms with Crippen LogP contribution in [0.3, 0.4) is 0 Å². The summed E-state index contributed by atoms with van der Waals surface area (Å²) in [5.41, 5.74) is -1.11. The van der Waals surface area contributed by atoms with Gasteiger partial charge in [-0.25, -0.2) is 4.79 Å². The molecule has 1 aliphatic heterocycles. The SMILES string of the molecule is CC(C)[C@@H]1CC[C@@H](C)C[C@@]12OCC(CO)O2.CC(C)[C@@H]1CC[C@@H](C)C[C@H]1OC(=O)CCC(=O)O.CC(C)[C@@H]1CC[C@@H](C)C[C@H]1OC(=O)CCCC(=O)O.CC(C)[C@@H]1CC[C@@H](C)C[C@H]1OC(=O)[C@@H](C)O.CC(C)[C@@H]1CC[C@@H](C)C[C@H]1OCC(C)(O)CO.CC(C)[C@@H]1CC[C@@H](C)C[C@H]1OCC(O)CO. The minimum absolute atomic E-state index is 0.00847. The smallest absolute Gasteiger partial charge is 0.334 e. The molecule has 20 heteroatoms. The van der Waals surface area contributed by atoms with Crippen molar-refractivity contribution in [2.75, 3.05) is 39.6 Å². The van der Waals surface area contributed by atoms with E-state index in [1.807, 2.05) is 0 Å². The van der Waals surface area contributed by atoms with Crippen LogP contribution in [0.5, 0.6) is 0 Å². The molecule has 0 bridgehead atoms. The molecule has 1 spiro atoms. The van der Waals surface area contributed by atoms with Crippen LogP contribution in [-0.2, 0) is 57.1 Å². The van der Waals surface area contributed by atoms with E-state index in [9.17, 15) is 34.2 Å². The van der Waals surface area contributed by atoms with Gasteiger partial charge in [0.2, 0.25) is 0 Å². The fourth-order valence-electron chi connectivity index (χ4n) is 16.5. The van der Waals surface area contributed by atoms with Crippen molar-refractivity contribution in [2.24, 2.45) is 107 Å². The number of hydrogen-bond acceptors (Lipinski definition) is 18. The van der Waals surface area contributed by atoms with E-state index in [-0.39, 0.29) is 107 Å². The number of aliphatic hydroxyl groups excluding tert-OH is 5. The van der Waals surface area contributed by atoms with E-state index in [1.165, 1.54) is 64.7 Å². The second-order valence-electron chi connectivity index (χ2n) is 35.0. The Kier molecular flexibility index (Phi) is 45.1. The average Bonchev–Trinajstić information content (AvgIpc) is 1.59. The van der Waals surface area contributed by atoms with Crippen molar-refractivity contribution in [3.63, 3.8) is 0 Å². The molecule has 6 saturated carbocycles. The van der Waals surface area contributed by atoms with Crippen LogP contribution in [0, 0.1) is 107 Å². The highest BCUT2D eigenvalue weighted by Gasteiger charge is 2.51. The second-order valence-corrected chi connectivity index (χ2v) is 35.0. The number of hydrogen-bond donors (Lipinski definition) is 8. The fraction of sp³-hybridized carbons (Fsp3) is 0.939. The van der Waals surface area contributed by atoms with Crippen molar-refractivity contribution in [1.29, 1.82) is 0 Å². The van der Waals surface area contributed by atoms with Gasteiger partial charge in [0.05, 0.1) is 64.7 Å². The van der Waals surface area contributed by atoms with Gasteiger partial charge in [0.15, 0.2) is 5.79 Å². The molecule has 1 saturated heterocycles. The average molecular weight is 1460 g/mol. The van der Waals surface area contributed by atoms with E-state index in [1.54, 1.807) is 6.92 Å². The Morgan fingerprint density at radius 2 is 0.843 bits per heavy atom. The van der Waals surface area contributed by atoms with Crippen molar-refractivity contribution in [3.05, 3.63) is 0 Å². The molecule has 0 aromatic heterocycles. The molecular weight excluding hydrogens is 1300 g/mol. The molecule has 0 radical (unpaired) electrons. The fourth-order valence-corrected chi connectivity index (χ4v) is 16.5. The third-order valence-corrected chi connectivity index (χ3v) is 23.0. The van der Waals surface area contributed by atoms with Crippen LogP contribution in [0.25, 0.3) is 0 Å². The predicted molar refractivity (Wildman–Crippen MR) is 399 cm³/mol. The summed E-state index contributed by atoms with van der Waals surface area (Å²) in [6.45, 7) is 43.5. The largest absolute Gasteiger partial charge is 0.481 e. The summed E-state index contributed by atoms with van der Waals surface area (Å²) in [6.07, 6.45) is 19.3. The summed E-state index contributed by atoms with van der Waals surface area (Å²) in [4.78, 5) is 55.6. The Morgan fingerprint density at radius 1 is 0.471 bits per heavy atom. The lowest BCUT2D eigenvalue weighted by Crippen LogP contribution is -2.47. The van der Waals surface area contributed by atoms with E-state index in [0.29, 0.717) is 120 Å². The first-order valence-electron chi connectivity index (χ1n) is 40.2. The maximum absolute atomic E-state index is 11.8. The molecule has 7 rings (SSSR count). The highest BCUT2D eigenvalue weighted by molar-refractivity contribution is 5.76. The number of carbonyl (C=O) groups excluding carboxylic acids is 3. The van der Waals surface area contributed by atoms with Gasteiger partial charge in [-0.05, 0) is 192 Å². The summed E-state index contributed by atoms with van der Waals surface area (Å²) in [7, 11) is 0. The third kappa shape index (κ3) is 35.8. The van der Waals surface area contributed by atoms with Crippen molar-refractivity contribution in [3.8, 4) is 0 Å². The van der Waals surface area contributed by atoms with Crippen LogP contribution in [0.1, 0.15) is 286 Å². The first-order chi connectivity index (χ1) is 47.7. The van der Waals surface area contributed by atoms with Crippen molar-refractivity contribution < 1.29 is 98.0 Å². The molecule has 1 heterocycles. The molecule has 0 aromatic rings. The summed E-state index contributed by atoms with van der Waals surface area (Å²) in [5, 5.41) is 72.3. The molecule has 7 aliphatic rings. The molecule has 102 heavy (non-hydrogen) atoms. The van der Waals surface area contributed by atoms with Crippen molar-refractivity contribution >= 4 is 29.8 Å². The Labute approximate surface area is 617 Å². The van der Waals surface area contributed by atoms with Crippen LogP contribution in [0.2, 0.25) is 0 Å². The zero-order chi connectivity index (χ0) is 77.4. The van der Waals surface area contributed by atoms with Gasteiger partial charge in [0.1, 0.15) is 42.2 Å². The third-order valence-electron chi connectivity index (χ3n) is 23.0. The molecular formula is C82H152O20. The monoisotopic (exact) mass is 1460 g/mol. The lowest BCUT2D eigenvalue weighted by molar-refractivity contribution is -0.240. The predicted octanol–water partition coefficient (Wildman–Crippen LogP) is 14.7. The van der Waals surface area contributed by atoms with Gasteiger partial charge in [0.25, 0.3) is 0 Å². The van der Waals surface area contributed by atoms with Gasteiger partial charge in [-0.15, -0.1) is 0 Å². The Bertz CT molecular complexity index is 2310. The molecule has 8 N–H and O–H groups in total. The molecule has 600 valence electrons. The summed E-state index contributed by atoms with van der Waals surface area (Å²) >= 11 is 0. The number of rotatable bonds is 26. The van der Waals surface area contributed by atoms with Crippen molar-refractivity contribution in [2.45, 2.75) is 346 Å². The van der Waals surface area contributed by atoms with Gasteiger partial charge < -0.3 is 74.0 Å². The van der Waals surface area contributed by atoms with E-state index in [2.05, 4.69) is 125 Å². The van der Waals surface area contributed by atoms with E-state index >= 15 is 0 Å². The van der Waals surface area contributed by atoms with Crippen LogP contribution >= 0.6 is 0 Å². The lowest BCUT2D eigenvalue weighted by atomic mass is 9.73. The van der Waals surface area contributed by atoms with E-state index < -0.39 is 41.5 Å². The molecule has 0 aromatic carbocycles. The number of esters is 3. The number of carbonyl (C=O) groups is 5. The number of carboxylic acid groups (broad SMARTS) is 2. The summed E-state index contributed by atoms with van der Waals surface area (Å²) in [5.74, 6) is 6.87. The standard InChI is InChI=1S/C15H26O4.C14H24O4.C14H28O3.2C13H24O3.C13H26O3/c1-10(2)12-8-7-11(3)9-13(12)19-15(18)6-4-5-14(16)17;1-9(2)11-5-4-10(3)8-12(11)18-14(17)7-6-13(15)16;1-10(2)12-6-5-11(3)7-13(12)17-9-14(4,16)8-15;1-9(2)12-5-4-10(3)6-13(12)15-8-11(7-14)16-13;1-8(2)11-6-5-9(3)7-12(11)16-13(15)10(4)14;1-9(2)12-5-4-10(3)6-13(12)16-8-11(15)7-14/h10-13H,4-9H2,1-3H3,(H,16,17);9-12H,4-8H2,1-3H3,(H,15,16);10-13,15-16H,5-9H2,1-4H3;9-12,14H,4-8H2,1-3H3;8-12,14H,5-7H2,1-4H3;9-15H,4-8H2,1-3H3/t11-,12+,13-;10-,11+,12-;11-,12+,13-,14?;10-,11?,12+,13+;9-,10-,11+,12-;10-,11?,12+,13-/m111111/s1. The number of carboxylic acids is 2. The van der Waals surface area contributed by atoms with Crippen LogP contribution in [0.15, 0.2) is 0 Å². The van der Waals surface area contributed by atoms with Gasteiger partial charge >= 0.3 is 29.8 Å². The van der Waals surface area contributed by atoms with Crippen LogP contribution in [-0.4, -0.2) is 171 Å². The lowest BCUT2D eigenvalue weighted by Gasteiger charge is -2.44. The Balaban J connectivity index is 0.000000416. The van der Waals surface area contributed by atoms with Gasteiger partial charge in [-0.1, -0.05) is 163 Å². The molecule has 3 unspecified atom stereocenters. The van der Waals surface area contributed by atoms with Crippen LogP contribution in [0.4, 0.5) is 0 Å². The molecule has 0 amide bonds. The van der Waals surface area contributed by atoms with E-state index in [0.717, 1.165) is 57.8 Å². The minimum Gasteiger partial charge on any atom is -0.481 e. The molecule has 7 fully saturated rings. The van der Waals surface area contributed by atoms with Gasteiger partial charge in [-0.2, -0.15) is 0 Å². The normalized spacial score (nSPS) is 32.9. The maximum Gasteiger partial charge on any atom is 0.334 e. The summed E-state index contributed by atoms with van der Waals surface area (Å²) in [6, 6.07) is 0. The van der Waals surface area contributed by atoms with Crippen LogP contribution < -0.4 is 0 Å². The molecule has 22 atom stereocenters. The first kappa shape index (κ1) is 95.0. The second kappa shape index (κ2) is 48.4. The minimum atomic E-state index is -1.11.